The molecule has 1 aromatic heterocycles. The molecule has 5 heteroatoms. The molecule has 90 valence electrons. The molecule has 0 atom stereocenters. The van der Waals surface area contributed by atoms with Gasteiger partial charge in [-0.25, -0.2) is 4.98 Å². The topological polar surface area (TPSA) is 31.4 Å². The van der Waals surface area contributed by atoms with E-state index in [1.54, 1.807) is 18.4 Å². The summed E-state index contributed by atoms with van der Waals surface area (Å²) in [5, 5.41) is 0.658. The zero-order valence-electron chi connectivity index (χ0n) is 9.78. The molecular formula is C12H12BrNO2S. The van der Waals surface area contributed by atoms with Crippen molar-refractivity contribution in [1.82, 2.24) is 4.98 Å². The molecule has 0 bridgehead atoms. The zero-order chi connectivity index (χ0) is 12.4. The molecule has 1 aromatic carbocycles. The lowest BCUT2D eigenvalue weighted by Gasteiger charge is -2.06. The van der Waals surface area contributed by atoms with E-state index in [0.717, 1.165) is 21.7 Å². The van der Waals surface area contributed by atoms with Gasteiger partial charge < -0.3 is 9.47 Å². The average Bonchev–Trinajstić information content (AvgIpc) is 2.61. The van der Waals surface area contributed by atoms with E-state index in [1.165, 1.54) is 4.88 Å². The second-order valence-corrected chi connectivity index (χ2v) is 5.54. The fraction of sp³-hybridized carbons (Fsp3) is 0.250. The Balaban J connectivity index is 2.24. The highest BCUT2D eigenvalue weighted by Gasteiger charge is 2.09. The van der Waals surface area contributed by atoms with E-state index in [9.17, 15) is 0 Å². The van der Waals surface area contributed by atoms with Crippen LogP contribution in [0.5, 0.6) is 16.7 Å². The number of methoxy groups -OCH3 is 1. The van der Waals surface area contributed by atoms with Crippen LogP contribution in [-0.2, 0) is 0 Å². The molecule has 0 unspecified atom stereocenters. The molecule has 1 heterocycles. The van der Waals surface area contributed by atoms with Crippen LogP contribution in [0.2, 0.25) is 0 Å². The molecule has 0 saturated carbocycles. The molecule has 2 aromatic rings. The van der Waals surface area contributed by atoms with Crippen LogP contribution in [0.3, 0.4) is 0 Å². The van der Waals surface area contributed by atoms with E-state index in [2.05, 4.69) is 20.9 Å². The lowest BCUT2D eigenvalue weighted by Crippen LogP contribution is -1.87. The third-order valence-corrected chi connectivity index (χ3v) is 3.92. The van der Waals surface area contributed by atoms with Crippen molar-refractivity contribution in [3.05, 3.63) is 33.2 Å². The van der Waals surface area contributed by atoms with E-state index in [1.807, 2.05) is 32.0 Å². The number of rotatable bonds is 3. The SMILES string of the molecule is COc1ccc(Oc2nc(C)c(C)s2)c(Br)c1. The fourth-order valence-corrected chi connectivity index (χ4v) is 2.48. The van der Waals surface area contributed by atoms with Crippen molar-refractivity contribution in [1.29, 1.82) is 0 Å². The van der Waals surface area contributed by atoms with Gasteiger partial charge in [0.15, 0.2) is 0 Å². The van der Waals surface area contributed by atoms with Crippen molar-refractivity contribution in [2.75, 3.05) is 7.11 Å². The first-order valence-corrected chi connectivity index (χ1v) is 6.66. The Morgan fingerprint density at radius 1 is 1.29 bits per heavy atom. The summed E-state index contributed by atoms with van der Waals surface area (Å²) in [7, 11) is 1.63. The fourth-order valence-electron chi connectivity index (χ4n) is 1.27. The van der Waals surface area contributed by atoms with Crippen LogP contribution >= 0.6 is 27.3 Å². The number of aromatic nitrogens is 1. The maximum absolute atomic E-state index is 5.72. The summed E-state index contributed by atoms with van der Waals surface area (Å²) in [4.78, 5) is 5.50. The first-order valence-electron chi connectivity index (χ1n) is 5.05. The highest BCUT2D eigenvalue weighted by Crippen LogP contribution is 2.34. The molecule has 0 aliphatic rings. The van der Waals surface area contributed by atoms with Crippen LogP contribution in [0.1, 0.15) is 10.6 Å². The lowest BCUT2D eigenvalue weighted by atomic mass is 10.3. The Morgan fingerprint density at radius 3 is 2.59 bits per heavy atom. The van der Waals surface area contributed by atoms with Crippen LogP contribution in [0.25, 0.3) is 0 Å². The van der Waals surface area contributed by atoms with Crippen molar-refractivity contribution in [2.45, 2.75) is 13.8 Å². The Bertz CT molecular complexity index is 520. The molecule has 0 saturated heterocycles. The van der Waals surface area contributed by atoms with Crippen LogP contribution in [0, 0.1) is 13.8 Å². The van der Waals surface area contributed by atoms with Gasteiger partial charge in [-0.05, 0) is 48.0 Å². The van der Waals surface area contributed by atoms with E-state index < -0.39 is 0 Å². The maximum Gasteiger partial charge on any atom is 0.279 e. The highest BCUT2D eigenvalue weighted by atomic mass is 79.9. The van der Waals surface area contributed by atoms with Crippen LogP contribution < -0.4 is 9.47 Å². The van der Waals surface area contributed by atoms with Crippen molar-refractivity contribution in [3.63, 3.8) is 0 Å². The molecule has 0 radical (unpaired) electrons. The van der Waals surface area contributed by atoms with E-state index in [0.29, 0.717) is 5.19 Å². The summed E-state index contributed by atoms with van der Waals surface area (Å²) in [6, 6.07) is 5.57. The molecule has 0 fully saturated rings. The van der Waals surface area contributed by atoms with Gasteiger partial charge in [-0.2, -0.15) is 0 Å². The molecule has 0 aliphatic heterocycles. The van der Waals surface area contributed by atoms with Crippen LogP contribution in [0.4, 0.5) is 0 Å². The highest BCUT2D eigenvalue weighted by molar-refractivity contribution is 9.10. The Labute approximate surface area is 113 Å². The monoisotopic (exact) mass is 313 g/mol. The normalized spacial score (nSPS) is 10.4. The molecule has 3 nitrogen and oxygen atoms in total. The van der Waals surface area contributed by atoms with Crippen molar-refractivity contribution >= 4 is 27.3 Å². The molecular weight excluding hydrogens is 302 g/mol. The van der Waals surface area contributed by atoms with Crippen molar-refractivity contribution in [2.24, 2.45) is 0 Å². The van der Waals surface area contributed by atoms with Gasteiger partial charge >= 0.3 is 0 Å². The van der Waals surface area contributed by atoms with Crippen LogP contribution in [0.15, 0.2) is 22.7 Å². The largest absolute Gasteiger partial charge is 0.497 e. The standard InChI is InChI=1S/C12H12BrNO2S/c1-7-8(2)17-12(14-7)16-11-5-4-9(15-3)6-10(11)13/h4-6H,1-3H3. The predicted octanol–water partition coefficient (Wildman–Crippen LogP) is 4.32. The van der Waals surface area contributed by atoms with Gasteiger partial charge in [0.05, 0.1) is 17.3 Å². The maximum atomic E-state index is 5.72. The third-order valence-electron chi connectivity index (χ3n) is 2.35. The van der Waals surface area contributed by atoms with E-state index in [4.69, 9.17) is 9.47 Å². The minimum Gasteiger partial charge on any atom is -0.497 e. The van der Waals surface area contributed by atoms with Gasteiger partial charge in [0, 0.05) is 4.88 Å². The van der Waals surface area contributed by atoms with Gasteiger partial charge in [-0.3, -0.25) is 0 Å². The van der Waals surface area contributed by atoms with E-state index in [-0.39, 0.29) is 0 Å². The summed E-state index contributed by atoms with van der Waals surface area (Å²) in [6.07, 6.45) is 0. The second-order valence-electron chi connectivity index (χ2n) is 3.52. The zero-order valence-corrected chi connectivity index (χ0v) is 12.2. The Morgan fingerprint density at radius 2 is 2.06 bits per heavy atom. The number of benzene rings is 1. The number of ether oxygens (including phenoxy) is 2. The molecule has 0 aliphatic carbocycles. The van der Waals surface area contributed by atoms with Crippen molar-refractivity contribution < 1.29 is 9.47 Å². The second kappa shape index (κ2) is 5.06. The number of nitrogens with zero attached hydrogens (tertiary/aromatic N) is 1. The molecule has 2 rings (SSSR count). The number of thiazole rings is 1. The minimum absolute atomic E-state index is 0.658. The van der Waals surface area contributed by atoms with E-state index >= 15 is 0 Å². The summed E-state index contributed by atoms with van der Waals surface area (Å²) in [6.45, 7) is 4.00. The molecule has 0 spiro atoms. The number of halogens is 1. The Kier molecular flexibility index (Phi) is 3.69. The average molecular weight is 314 g/mol. The number of hydrogen-bond donors (Lipinski definition) is 0. The smallest absolute Gasteiger partial charge is 0.279 e. The first-order chi connectivity index (χ1) is 8.10. The quantitative estimate of drug-likeness (QED) is 0.845. The van der Waals surface area contributed by atoms with Gasteiger partial charge in [0.1, 0.15) is 11.5 Å². The first kappa shape index (κ1) is 12.4. The molecule has 0 amide bonds. The molecule has 17 heavy (non-hydrogen) atoms. The minimum atomic E-state index is 0.658. The van der Waals surface area contributed by atoms with Crippen LogP contribution in [-0.4, -0.2) is 12.1 Å². The van der Waals surface area contributed by atoms with Gasteiger partial charge in [0.2, 0.25) is 0 Å². The third kappa shape index (κ3) is 2.79. The number of hydrogen-bond acceptors (Lipinski definition) is 4. The number of aryl methyl sites for hydroxylation is 2. The lowest BCUT2D eigenvalue weighted by molar-refractivity contribution is 0.412. The summed E-state index contributed by atoms with van der Waals surface area (Å²) < 4.78 is 11.7. The Hall–Kier alpha value is -1.07. The summed E-state index contributed by atoms with van der Waals surface area (Å²) in [5.41, 5.74) is 1.01. The summed E-state index contributed by atoms with van der Waals surface area (Å²) in [5.74, 6) is 1.52. The van der Waals surface area contributed by atoms with Gasteiger partial charge in [-0.15, -0.1) is 0 Å². The molecule has 0 N–H and O–H groups in total. The van der Waals surface area contributed by atoms with Gasteiger partial charge in [0.25, 0.3) is 5.19 Å². The summed E-state index contributed by atoms with van der Waals surface area (Å²) >= 11 is 4.99. The predicted molar refractivity (Wildman–Crippen MR) is 72.4 cm³/mol. The van der Waals surface area contributed by atoms with Gasteiger partial charge in [-0.1, -0.05) is 11.3 Å². The van der Waals surface area contributed by atoms with Crippen molar-refractivity contribution in [3.8, 4) is 16.7 Å².